The maximum Gasteiger partial charge on any atom is 0.311 e. The average Bonchev–Trinajstić information content (AvgIpc) is 3.12. The first-order chi connectivity index (χ1) is 13.1. The van der Waals surface area contributed by atoms with Crippen LogP contribution in [0.5, 0.6) is 11.5 Å². The number of thioether (sulfide) groups is 1. The Morgan fingerprint density at radius 3 is 3.00 bits per heavy atom. The number of amides is 1. The van der Waals surface area contributed by atoms with Gasteiger partial charge in [0.05, 0.1) is 31.0 Å². The van der Waals surface area contributed by atoms with Crippen molar-refractivity contribution in [2.75, 3.05) is 25.5 Å². The van der Waals surface area contributed by atoms with E-state index in [1.807, 2.05) is 29.6 Å². The van der Waals surface area contributed by atoms with Crippen molar-refractivity contribution in [3.05, 3.63) is 35.3 Å². The van der Waals surface area contributed by atoms with Crippen LogP contribution in [0.1, 0.15) is 12.6 Å². The van der Waals surface area contributed by atoms with E-state index in [9.17, 15) is 9.59 Å². The largest absolute Gasteiger partial charge is 0.486 e. The van der Waals surface area contributed by atoms with Crippen LogP contribution in [0.2, 0.25) is 0 Å². The van der Waals surface area contributed by atoms with E-state index in [4.69, 9.17) is 14.2 Å². The zero-order valence-corrected chi connectivity index (χ0v) is 16.4. The van der Waals surface area contributed by atoms with Gasteiger partial charge in [0.15, 0.2) is 15.8 Å². The van der Waals surface area contributed by atoms with Gasteiger partial charge in [-0.1, -0.05) is 23.9 Å². The minimum absolute atomic E-state index is 0.107. The highest BCUT2D eigenvalue weighted by Gasteiger charge is 2.21. The number of carbonyl (C=O) groups is 2. The molecule has 0 spiro atoms. The molecule has 9 heteroatoms. The Labute approximate surface area is 165 Å². The lowest BCUT2D eigenvalue weighted by atomic mass is 10.2. The molecule has 27 heavy (non-hydrogen) atoms. The summed E-state index contributed by atoms with van der Waals surface area (Å²) in [4.78, 5) is 27.8. The van der Waals surface area contributed by atoms with Gasteiger partial charge >= 0.3 is 5.97 Å². The molecule has 2 aromatic rings. The summed E-state index contributed by atoms with van der Waals surface area (Å²) in [5.74, 6) is 1.25. The summed E-state index contributed by atoms with van der Waals surface area (Å²) in [7, 11) is 0. The van der Waals surface area contributed by atoms with Gasteiger partial charge in [-0.2, -0.15) is 0 Å². The third kappa shape index (κ3) is 5.86. The highest BCUT2D eigenvalue weighted by Crippen LogP contribution is 2.30. The summed E-state index contributed by atoms with van der Waals surface area (Å²) in [6.45, 7) is 2.89. The van der Waals surface area contributed by atoms with Crippen LogP contribution < -0.4 is 14.8 Å². The number of benzene rings is 1. The zero-order valence-electron chi connectivity index (χ0n) is 14.8. The van der Waals surface area contributed by atoms with Crippen LogP contribution in [0.25, 0.3) is 0 Å². The van der Waals surface area contributed by atoms with Gasteiger partial charge in [0.1, 0.15) is 12.7 Å². The van der Waals surface area contributed by atoms with Crippen LogP contribution in [-0.4, -0.2) is 48.5 Å². The molecule has 0 radical (unpaired) electrons. The molecule has 0 saturated heterocycles. The minimum Gasteiger partial charge on any atom is -0.486 e. The van der Waals surface area contributed by atoms with Crippen LogP contribution in [0, 0.1) is 0 Å². The number of nitrogens with one attached hydrogen (secondary N) is 1. The SMILES string of the molecule is CCOC(=O)Cc1csc(SCC(=O)NC[C@@H]2COc3ccccc3O2)n1. The summed E-state index contributed by atoms with van der Waals surface area (Å²) >= 11 is 2.75. The quantitative estimate of drug-likeness (QED) is 0.530. The van der Waals surface area contributed by atoms with Gasteiger partial charge in [-0.05, 0) is 19.1 Å². The van der Waals surface area contributed by atoms with Crippen molar-refractivity contribution < 1.29 is 23.8 Å². The zero-order chi connectivity index (χ0) is 19.1. The third-order valence-electron chi connectivity index (χ3n) is 3.58. The van der Waals surface area contributed by atoms with Gasteiger partial charge in [-0.3, -0.25) is 9.59 Å². The van der Waals surface area contributed by atoms with E-state index in [-0.39, 0.29) is 30.2 Å². The van der Waals surface area contributed by atoms with Crippen molar-refractivity contribution in [1.29, 1.82) is 0 Å². The molecule has 1 aromatic heterocycles. The van der Waals surface area contributed by atoms with Gasteiger partial charge in [-0.15, -0.1) is 11.3 Å². The molecule has 2 heterocycles. The number of hydrogen-bond acceptors (Lipinski definition) is 8. The number of thiazole rings is 1. The predicted octanol–water partition coefficient (Wildman–Crippen LogP) is 2.30. The number of para-hydroxylation sites is 2. The number of fused-ring (bicyclic) bond motifs is 1. The molecule has 7 nitrogen and oxygen atoms in total. The molecule has 0 aliphatic carbocycles. The number of ether oxygens (including phenoxy) is 3. The van der Waals surface area contributed by atoms with E-state index in [0.29, 0.717) is 31.2 Å². The second-order valence-corrected chi connectivity index (χ2v) is 7.76. The Balaban J connectivity index is 1.38. The first kappa shape index (κ1) is 19.5. The molecule has 1 amide bonds. The number of carbonyl (C=O) groups excluding carboxylic acids is 2. The van der Waals surface area contributed by atoms with Crippen LogP contribution in [0.3, 0.4) is 0 Å². The molecule has 3 rings (SSSR count). The van der Waals surface area contributed by atoms with Crippen LogP contribution >= 0.6 is 23.1 Å². The lowest BCUT2D eigenvalue weighted by molar-refractivity contribution is -0.142. The van der Waals surface area contributed by atoms with E-state index in [2.05, 4.69) is 10.3 Å². The van der Waals surface area contributed by atoms with Gasteiger partial charge < -0.3 is 19.5 Å². The molecule has 144 valence electrons. The van der Waals surface area contributed by atoms with E-state index in [1.165, 1.54) is 23.1 Å². The maximum atomic E-state index is 12.0. The van der Waals surface area contributed by atoms with E-state index in [0.717, 1.165) is 10.1 Å². The number of hydrogen-bond donors (Lipinski definition) is 1. The minimum atomic E-state index is -0.298. The standard InChI is InChI=1S/C18H20N2O5S2/c1-2-23-17(22)7-12-10-26-18(20-12)27-11-16(21)19-8-13-9-24-14-5-3-4-6-15(14)25-13/h3-6,10,13H,2,7-9,11H2,1H3,(H,19,21)/t13-/m1/s1. The second-order valence-electron chi connectivity index (χ2n) is 5.68. The van der Waals surface area contributed by atoms with Crippen molar-refractivity contribution in [3.8, 4) is 11.5 Å². The molecule has 0 saturated carbocycles. The van der Waals surface area contributed by atoms with Gasteiger partial charge in [0, 0.05) is 5.38 Å². The first-order valence-electron chi connectivity index (χ1n) is 8.52. The Hall–Kier alpha value is -2.26. The smallest absolute Gasteiger partial charge is 0.311 e. The summed E-state index contributed by atoms with van der Waals surface area (Å²) in [6, 6.07) is 7.46. The van der Waals surface area contributed by atoms with Crippen molar-refractivity contribution >= 4 is 35.0 Å². The fourth-order valence-electron chi connectivity index (χ4n) is 2.37. The molecule has 0 unspecified atom stereocenters. The van der Waals surface area contributed by atoms with Crippen LogP contribution in [0.4, 0.5) is 0 Å². The molecular formula is C18H20N2O5S2. The van der Waals surface area contributed by atoms with Gasteiger partial charge in [-0.25, -0.2) is 4.98 Å². The number of nitrogens with zero attached hydrogens (tertiary/aromatic N) is 1. The monoisotopic (exact) mass is 408 g/mol. The topological polar surface area (TPSA) is 86.8 Å². The van der Waals surface area contributed by atoms with E-state index in [1.54, 1.807) is 6.92 Å². The molecular weight excluding hydrogens is 388 g/mol. The first-order valence-corrected chi connectivity index (χ1v) is 10.4. The number of rotatable bonds is 8. The lowest BCUT2D eigenvalue weighted by Gasteiger charge is -2.26. The molecule has 1 aliphatic rings. The molecule has 1 aliphatic heterocycles. The van der Waals surface area contributed by atoms with Crippen LogP contribution in [-0.2, 0) is 20.7 Å². The van der Waals surface area contributed by atoms with Crippen molar-refractivity contribution in [1.82, 2.24) is 10.3 Å². The normalized spacial score (nSPS) is 15.2. The predicted molar refractivity (Wildman–Crippen MR) is 103 cm³/mol. The highest BCUT2D eigenvalue weighted by molar-refractivity contribution is 8.01. The molecule has 0 bridgehead atoms. The molecule has 1 atom stereocenters. The Bertz CT molecular complexity index is 796. The summed E-state index contributed by atoms with van der Waals surface area (Å²) < 4.78 is 17.1. The Morgan fingerprint density at radius 2 is 2.19 bits per heavy atom. The lowest BCUT2D eigenvalue weighted by Crippen LogP contribution is -2.41. The van der Waals surface area contributed by atoms with Crippen molar-refractivity contribution in [2.45, 2.75) is 23.8 Å². The summed E-state index contributed by atoms with van der Waals surface area (Å²) in [6.07, 6.45) is -0.0673. The fraction of sp³-hybridized carbons (Fsp3) is 0.389. The third-order valence-corrected chi connectivity index (χ3v) is 5.65. The number of aromatic nitrogens is 1. The maximum absolute atomic E-state index is 12.0. The van der Waals surface area contributed by atoms with Crippen molar-refractivity contribution in [3.63, 3.8) is 0 Å². The van der Waals surface area contributed by atoms with E-state index >= 15 is 0 Å². The Kier molecular flexibility index (Phi) is 6.94. The van der Waals surface area contributed by atoms with Gasteiger partial charge in [0.2, 0.25) is 5.91 Å². The number of esters is 1. The molecule has 1 aromatic carbocycles. The molecule has 0 fully saturated rings. The summed E-state index contributed by atoms with van der Waals surface area (Å²) in [5, 5.41) is 4.65. The highest BCUT2D eigenvalue weighted by atomic mass is 32.2. The average molecular weight is 409 g/mol. The van der Waals surface area contributed by atoms with Crippen molar-refractivity contribution in [2.24, 2.45) is 0 Å². The Morgan fingerprint density at radius 1 is 1.37 bits per heavy atom. The van der Waals surface area contributed by atoms with Crippen LogP contribution in [0.15, 0.2) is 34.0 Å². The van der Waals surface area contributed by atoms with E-state index < -0.39 is 0 Å². The van der Waals surface area contributed by atoms with Gasteiger partial charge in [0.25, 0.3) is 0 Å². The molecule has 1 N–H and O–H groups in total. The summed E-state index contributed by atoms with van der Waals surface area (Å²) in [5.41, 5.74) is 0.660. The second kappa shape index (κ2) is 9.61. The fourth-order valence-corrected chi connectivity index (χ4v) is 4.04.